The lowest BCUT2D eigenvalue weighted by atomic mass is 10.1. The van der Waals surface area contributed by atoms with Crippen LogP contribution in [0.25, 0.3) is 0 Å². The third-order valence-electron chi connectivity index (χ3n) is 2.99. The molecule has 0 saturated carbocycles. The Morgan fingerprint density at radius 3 is 2.50 bits per heavy atom. The molecule has 0 spiro atoms. The Bertz CT molecular complexity index is 372. The number of nitrogens with zero attached hydrogens (tertiary/aromatic N) is 1. The number of phenols is 1. The minimum Gasteiger partial charge on any atom is -0.503 e. The molecule has 16 heavy (non-hydrogen) atoms. The van der Waals surface area contributed by atoms with Gasteiger partial charge in [0.05, 0.1) is 0 Å². The highest BCUT2D eigenvalue weighted by Gasteiger charge is 2.19. The maximum Gasteiger partial charge on any atom is 0.187 e. The fraction of sp³-hybridized carbons (Fsp3) is 0.500. The topological polar surface area (TPSA) is 23.5 Å². The van der Waals surface area contributed by atoms with Gasteiger partial charge < -0.3 is 5.11 Å². The number of likely N-dealkylation sites (tertiary alicyclic amines) is 1. The molecule has 0 aliphatic carbocycles. The van der Waals surface area contributed by atoms with Crippen LogP contribution in [0.15, 0.2) is 12.1 Å². The molecule has 1 atom stereocenters. The van der Waals surface area contributed by atoms with Crippen LogP contribution in [0.4, 0.5) is 8.78 Å². The normalized spacial score (nSPS) is 21.6. The van der Waals surface area contributed by atoms with E-state index in [1.165, 1.54) is 12.1 Å². The maximum absolute atomic E-state index is 13.1. The van der Waals surface area contributed by atoms with Gasteiger partial charge >= 0.3 is 0 Å². The summed E-state index contributed by atoms with van der Waals surface area (Å²) in [4.78, 5) is 2.16. The highest BCUT2D eigenvalue weighted by molar-refractivity contribution is 5.30. The Morgan fingerprint density at radius 2 is 2.00 bits per heavy atom. The predicted octanol–water partition coefficient (Wildman–Crippen LogP) is 2.51. The third-order valence-corrected chi connectivity index (χ3v) is 2.99. The molecule has 2 nitrogen and oxygen atoms in total. The summed E-state index contributed by atoms with van der Waals surface area (Å²) < 4.78 is 26.2. The lowest BCUT2D eigenvalue weighted by molar-refractivity contribution is 0.317. The number of halogens is 2. The Kier molecular flexibility index (Phi) is 3.10. The monoisotopic (exact) mass is 227 g/mol. The Morgan fingerprint density at radius 1 is 1.38 bits per heavy atom. The van der Waals surface area contributed by atoms with E-state index in [0.717, 1.165) is 19.5 Å². The molecule has 1 aliphatic rings. The predicted molar refractivity (Wildman–Crippen MR) is 57.1 cm³/mol. The molecule has 1 aromatic rings. The van der Waals surface area contributed by atoms with Crippen LogP contribution >= 0.6 is 0 Å². The van der Waals surface area contributed by atoms with Crippen LogP contribution in [0.1, 0.15) is 18.9 Å². The van der Waals surface area contributed by atoms with E-state index in [2.05, 4.69) is 11.8 Å². The van der Waals surface area contributed by atoms with E-state index in [9.17, 15) is 8.78 Å². The number of benzene rings is 1. The quantitative estimate of drug-likeness (QED) is 0.839. The van der Waals surface area contributed by atoms with Crippen molar-refractivity contribution in [2.75, 3.05) is 13.1 Å². The van der Waals surface area contributed by atoms with Crippen molar-refractivity contribution in [3.05, 3.63) is 29.3 Å². The Balaban J connectivity index is 2.10. The summed E-state index contributed by atoms with van der Waals surface area (Å²) in [7, 11) is 0. The lowest BCUT2D eigenvalue weighted by Gasteiger charge is -2.15. The lowest BCUT2D eigenvalue weighted by Crippen LogP contribution is -2.19. The number of phenolic OH excluding ortho intramolecular Hbond substituents is 1. The van der Waals surface area contributed by atoms with Crippen LogP contribution in [0.3, 0.4) is 0 Å². The van der Waals surface area contributed by atoms with Crippen LogP contribution in [0, 0.1) is 17.6 Å². The zero-order chi connectivity index (χ0) is 11.7. The van der Waals surface area contributed by atoms with Gasteiger partial charge in [0, 0.05) is 13.1 Å². The molecule has 4 heteroatoms. The van der Waals surface area contributed by atoms with Crippen LogP contribution in [-0.4, -0.2) is 23.1 Å². The van der Waals surface area contributed by atoms with Gasteiger partial charge in [-0.2, -0.15) is 0 Å². The van der Waals surface area contributed by atoms with Gasteiger partial charge in [-0.1, -0.05) is 6.92 Å². The van der Waals surface area contributed by atoms with E-state index >= 15 is 0 Å². The molecule has 0 radical (unpaired) electrons. The average molecular weight is 227 g/mol. The van der Waals surface area contributed by atoms with E-state index in [1.807, 2.05) is 0 Å². The van der Waals surface area contributed by atoms with Gasteiger partial charge in [-0.05, 0) is 36.6 Å². The van der Waals surface area contributed by atoms with E-state index in [1.54, 1.807) is 0 Å². The molecule has 88 valence electrons. The summed E-state index contributed by atoms with van der Waals surface area (Å²) in [5.74, 6) is -2.02. The van der Waals surface area contributed by atoms with Crippen molar-refractivity contribution >= 4 is 0 Å². The summed E-state index contributed by atoms with van der Waals surface area (Å²) in [6.07, 6.45) is 1.13. The molecule has 0 bridgehead atoms. The summed E-state index contributed by atoms with van der Waals surface area (Å²) >= 11 is 0. The van der Waals surface area contributed by atoms with Gasteiger partial charge in [-0.15, -0.1) is 0 Å². The first-order valence-corrected chi connectivity index (χ1v) is 5.45. The second-order valence-electron chi connectivity index (χ2n) is 4.54. The van der Waals surface area contributed by atoms with Gasteiger partial charge in [0.25, 0.3) is 0 Å². The molecule has 0 amide bonds. The second kappa shape index (κ2) is 4.37. The van der Waals surface area contributed by atoms with Crippen molar-refractivity contribution in [1.82, 2.24) is 4.90 Å². The molecule has 1 aliphatic heterocycles. The van der Waals surface area contributed by atoms with Gasteiger partial charge in [-0.3, -0.25) is 4.90 Å². The first-order chi connectivity index (χ1) is 7.56. The van der Waals surface area contributed by atoms with E-state index in [-0.39, 0.29) is 0 Å². The fourth-order valence-corrected chi connectivity index (χ4v) is 2.14. The number of aromatic hydroxyl groups is 1. The number of rotatable bonds is 2. The van der Waals surface area contributed by atoms with Gasteiger partial charge in [0.1, 0.15) is 0 Å². The van der Waals surface area contributed by atoms with Crippen molar-refractivity contribution in [3.8, 4) is 5.75 Å². The van der Waals surface area contributed by atoms with Crippen LogP contribution in [0.2, 0.25) is 0 Å². The van der Waals surface area contributed by atoms with Crippen molar-refractivity contribution in [1.29, 1.82) is 0 Å². The third kappa shape index (κ3) is 2.32. The highest BCUT2D eigenvalue weighted by atomic mass is 19.1. The van der Waals surface area contributed by atoms with Crippen molar-refractivity contribution in [2.45, 2.75) is 19.9 Å². The molecular formula is C12H15F2NO. The van der Waals surface area contributed by atoms with Gasteiger partial charge in [0.2, 0.25) is 0 Å². The molecule has 2 rings (SSSR count). The smallest absolute Gasteiger partial charge is 0.187 e. The minimum absolute atomic E-state index is 0.540. The summed E-state index contributed by atoms with van der Waals surface area (Å²) in [6, 6.07) is 2.39. The molecule has 1 fully saturated rings. The van der Waals surface area contributed by atoms with Crippen molar-refractivity contribution in [3.63, 3.8) is 0 Å². The maximum atomic E-state index is 13.1. The standard InChI is InChI=1S/C12H15F2NO/c1-8-2-3-15(6-8)7-9-4-10(13)12(16)11(14)5-9/h4-5,8,16H,2-3,6-7H2,1H3. The second-order valence-corrected chi connectivity index (χ2v) is 4.54. The van der Waals surface area contributed by atoms with Crippen LogP contribution < -0.4 is 0 Å². The van der Waals surface area contributed by atoms with E-state index in [0.29, 0.717) is 18.0 Å². The summed E-state index contributed by atoms with van der Waals surface area (Å²) in [5.41, 5.74) is 0.571. The average Bonchev–Trinajstić information content (AvgIpc) is 2.60. The molecule has 1 aromatic carbocycles. The Labute approximate surface area is 93.5 Å². The van der Waals surface area contributed by atoms with E-state index in [4.69, 9.17) is 5.11 Å². The molecule has 1 heterocycles. The van der Waals surface area contributed by atoms with E-state index < -0.39 is 17.4 Å². The molecular weight excluding hydrogens is 212 g/mol. The largest absolute Gasteiger partial charge is 0.503 e. The minimum atomic E-state index is -0.890. The highest BCUT2D eigenvalue weighted by Crippen LogP contribution is 2.24. The fourth-order valence-electron chi connectivity index (χ4n) is 2.14. The summed E-state index contributed by atoms with van der Waals surface area (Å²) in [6.45, 7) is 4.63. The zero-order valence-electron chi connectivity index (χ0n) is 9.21. The first-order valence-electron chi connectivity index (χ1n) is 5.45. The Hall–Kier alpha value is -1.16. The molecule has 1 saturated heterocycles. The SMILES string of the molecule is CC1CCN(Cc2cc(F)c(O)c(F)c2)C1. The molecule has 1 N–H and O–H groups in total. The van der Waals surface area contributed by atoms with Crippen LogP contribution in [0.5, 0.6) is 5.75 Å². The zero-order valence-corrected chi connectivity index (χ0v) is 9.21. The van der Waals surface area contributed by atoms with Crippen molar-refractivity contribution < 1.29 is 13.9 Å². The molecule has 1 unspecified atom stereocenters. The van der Waals surface area contributed by atoms with Crippen LogP contribution in [-0.2, 0) is 6.54 Å². The summed E-state index contributed by atoms with van der Waals surface area (Å²) in [5, 5.41) is 8.97. The number of hydrogen-bond acceptors (Lipinski definition) is 2. The van der Waals surface area contributed by atoms with Crippen molar-refractivity contribution in [2.24, 2.45) is 5.92 Å². The molecule has 0 aromatic heterocycles. The van der Waals surface area contributed by atoms with Gasteiger partial charge in [0.15, 0.2) is 17.4 Å². The first kappa shape index (κ1) is 11.3. The van der Waals surface area contributed by atoms with Gasteiger partial charge in [-0.25, -0.2) is 8.78 Å². The number of hydrogen-bond donors (Lipinski definition) is 1.